The van der Waals surface area contributed by atoms with E-state index in [1.807, 2.05) is 0 Å². The monoisotopic (exact) mass is 382 g/mol. The van der Waals surface area contributed by atoms with Crippen molar-refractivity contribution in [2.75, 3.05) is 0 Å². The summed E-state index contributed by atoms with van der Waals surface area (Å²) in [4.78, 5) is 1.03. The largest absolute Gasteiger partial charge is 0.381 e. The van der Waals surface area contributed by atoms with Gasteiger partial charge in [0.05, 0.1) is 9.79 Å². The number of thiophene rings is 1. The van der Waals surface area contributed by atoms with Crippen LogP contribution < -0.4 is 0 Å². The van der Waals surface area contributed by atoms with Crippen molar-refractivity contribution in [1.82, 2.24) is 20.6 Å². The molecule has 3 aromatic rings. The molecule has 2 heterocycles. The van der Waals surface area contributed by atoms with Gasteiger partial charge in [0.15, 0.2) is 0 Å². The zero-order chi connectivity index (χ0) is 17.2. The average Bonchev–Trinajstić information content (AvgIpc) is 3.25. The molecule has 2 aromatic heterocycles. The number of aromatic nitrogens is 4. The molecule has 1 aromatic carbocycles. The molecule has 0 aliphatic carbocycles. The lowest BCUT2D eigenvalue weighted by Crippen LogP contribution is -1.99. The van der Waals surface area contributed by atoms with Crippen LogP contribution in [0.4, 0.5) is 0 Å². The Labute approximate surface area is 146 Å². The van der Waals surface area contributed by atoms with Crippen LogP contribution >= 0.6 is 22.9 Å². The van der Waals surface area contributed by atoms with Crippen LogP contribution in [0.25, 0.3) is 6.08 Å². The molecule has 124 valence electrons. The first-order chi connectivity index (χ1) is 11.5. The smallest absolute Gasteiger partial charge is 0.207 e. The molecule has 7 nitrogen and oxygen atoms in total. The van der Waals surface area contributed by atoms with Crippen molar-refractivity contribution in [2.24, 2.45) is 0 Å². The van der Waals surface area contributed by atoms with Crippen molar-refractivity contribution in [3.05, 3.63) is 57.5 Å². The van der Waals surface area contributed by atoms with E-state index in [4.69, 9.17) is 11.6 Å². The van der Waals surface area contributed by atoms with Crippen LogP contribution in [0.5, 0.6) is 0 Å². The number of benzene rings is 1. The van der Waals surface area contributed by atoms with Crippen LogP contribution in [0.15, 0.2) is 51.6 Å². The van der Waals surface area contributed by atoms with E-state index in [-0.39, 0.29) is 15.6 Å². The van der Waals surface area contributed by atoms with Gasteiger partial charge in [-0.25, -0.2) is 8.42 Å². The number of H-pyrrole nitrogens is 1. The van der Waals surface area contributed by atoms with Gasteiger partial charge in [-0.15, -0.1) is 21.5 Å². The highest BCUT2D eigenvalue weighted by Gasteiger charge is 2.19. The van der Waals surface area contributed by atoms with Crippen LogP contribution in [-0.4, -0.2) is 34.1 Å². The van der Waals surface area contributed by atoms with Gasteiger partial charge in [0.25, 0.3) is 0 Å². The number of aliphatic hydroxyl groups is 1. The molecule has 24 heavy (non-hydrogen) atoms. The molecule has 0 amide bonds. The standard InChI is InChI=1S/C14H11ClN4O3S2/c15-9-1-4-11(5-2-9)24(21,22)12-7-10(23-8-12)3-6-13(20)14-16-18-19-17-14/h1-8,13,20H,(H,16,17,18,19). The Morgan fingerprint density at radius 3 is 2.67 bits per heavy atom. The van der Waals surface area contributed by atoms with Gasteiger partial charge in [-0.2, -0.15) is 5.21 Å². The summed E-state index contributed by atoms with van der Waals surface area (Å²) < 4.78 is 25.1. The maximum Gasteiger partial charge on any atom is 0.207 e. The van der Waals surface area contributed by atoms with Gasteiger partial charge in [0, 0.05) is 15.3 Å². The fraction of sp³-hybridized carbons (Fsp3) is 0.0714. The SMILES string of the molecule is O=S(=O)(c1ccc(Cl)cc1)c1csc(C=CC(O)c2nn[nH]n2)c1. The predicted molar refractivity (Wildman–Crippen MR) is 89.4 cm³/mol. The minimum absolute atomic E-state index is 0.136. The fourth-order valence-electron chi connectivity index (χ4n) is 1.88. The third-order valence-corrected chi connectivity index (χ3v) is 6.15. The van der Waals surface area contributed by atoms with E-state index in [0.717, 1.165) is 0 Å². The van der Waals surface area contributed by atoms with Crippen LogP contribution in [0.1, 0.15) is 16.8 Å². The summed E-state index contributed by atoms with van der Waals surface area (Å²) in [5, 5.41) is 24.8. The summed E-state index contributed by atoms with van der Waals surface area (Å²) in [6.45, 7) is 0. The molecule has 0 saturated carbocycles. The van der Waals surface area contributed by atoms with Crippen molar-refractivity contribution in [3.63, 3.8) is 0 Å². The summed E-state index contributed by atoms with van der Waals surface area (Å²) in [7, 11) is -3.60. The van der Waals surface area contributed by atoms with Crippen molar-refractivity contribution in [2.45, 2.75) is 15.9 Å². The summed E-state index contributed by atoms with van der Waals surface area (Å²) in [5.74, 6) is 0.136. The van der Waals surface area contributed by atoms with Gasteiger partial charge in [-0.05, 0) is 42.5 Å². The topological polar surface area (TPSA) is 109 Å². The predicted octanol–water partition coefficient (Wildman–Crippen LogP) is 2.49. The first-order valence-electron chi connectivity index (χ1n) is 6.65. The van der Waals surface area contributed by atoms with E-state index < -0.39 is 15.9 Å². The highest BCUT2D eigenvalue weighted by Crippen LogP contribution is 2.27. The Hall–Kier alpha value is -2.07. The second kappa shape index (κ2) is 6.81. The van der Waals surface area contributed by atoms with E-state index in [1.54, 1.807) is 11.5 Å². The summed E-state index contributed by atoms with van der Waals surface area (Å²) in [6.07, 6.45) is 2.03. The molecule has 10 heteroatoms. The molecule has 1 unspecified atom stereocenters. The maximum atomic E-state index is 12.5. The fourth-order valence-corrected chi connectivity index (χ4v) is 4.45. The third kappa shape index (κ3) is 3.54. The summed E-state index contributed by atoms with van der Waals surface area (Å²) in [6, 6.07) is 7.52. The molecule has 2 N–H and O–H groups in total. The molecule has 0 spiro atoms. The zero-order valence-corrected chi connectivity index (χ0v) is 14.4. The Balaban J connectivity index is 1.81. The van der Waals surface area contributed by atoms with E-state index in [1.165, 1.54) is 47.7 Å². The van der Waals surface area contributed by atoms with E-state index in [0.29, 0.717) is 9.90 Å². The lowest BCUT2D eigenvalue weighted by atomic mass is 10.3. The van der Waals surface area contributed by atoms with Gasteiger partial charge < -0.3 is 5.11 Å². The number of hydrogen-bond donors (Lipinski definition) is 2. The molecule has 0 radical (unpaired) electrons. The Morgan fingerprint density at radius 2 is 2.00 bits per heavy atom. The van der Waals surface area contributed by atoms with Crippen LogP contribution in [0.2, 0.25) is 5.02 Å². The second-order valence-corrected chi connectivity index (χ2v) is 8.05. The number of nitrogens with zero attached hydrogens (tertiary/aromatic N) is 3. The maximum absolute atomic E-state index is 12.5. The van der Waals surface area contributed by atoms with E-state index in [9.17, 15) is 13.5 Å². The van der Waals surface area contributed by atoms with Gasteiger partial charge in [-0.1, -0.05) is 16.8 Å². The first-order valence-corrected chi connectivity index (χ1v) is 9.40. The van der Waals surface area contributed by atoms with Gasteiger partial charge >= 0.3 is 0 Å². The number of rotatable bonds is 5. The quantitative estimate of drug-likeness (QED) is 0.701. The lowest BCUT2D eigenvalue weighted by molar-refractivity contribution is 0.219. The molecule has 1 atom stereocenters. The van der Waals surface area contributed by atoms with Crippen molar-refractivity contribution in [3.8, 4) is 0 Å². The van der Waals surface area contributed by atoms with Crippen LogP contribution in [0, 0.1) is 0 Å². The van der Waals surface area contributed by atoms with Gasteiger partial charge in [0.2, 0.25) is 15.7 Å². The van der Waals surface area contributed by atoms with Gasteiger partial charge in [-0.3, -0.25) is 0 Å². The first kappa shape index (κ1) is 16.8. The number of halogens is 1. The van der Waals surface area contributed by atoms with Crippen molar-refractivity contribution < 1.29 is 13.5 Å². The van der Waals surface area contributed by atoms with Gasteiger partial charge in [0.1, 0.15) is 6.10 Å². The normalized spacial score (nSPS) is 13.4. The number of tetrazole rings is 1. The number of sulfone groups is 1. The second-order valence-electron chi connectivity index (χ2n) is 4.72. The molecular weight excluding hydrogens is 372 g/mol. The molecule has 0 fully saturated rings. The number of aliphatic hydroxyl groups excluding tert-OH is 1. The highest BCUT2D eigenvalue weighted by atomic mass is 35.5. The number of hydrogen-bond acceptors (Lipinski definition) is 7. The molecule has 0 saturated heterocycles. The Morgan fingerprint density at radius 1 is 1.25 bits per heavy atom. The number of aromatic amines is 1. The molecule has 3 rings (SSSR count). The molecular formula is C14H11ClN4O3S2. The molecule has 0 aliphatic heterocycles. The van der Waals surface area contributed by atoms with Crippen LogP contribution in [-0.2, 0) is 9.84 Å². The number of nitrogens with one attached hydrogen (secondary N) is 1. The summed E-state index contributed by atoms with van der Waals surface area (Å²) in [5.41, 5.74) is 0. The third-order valence-electron chi connectivity index (χ3n) is 3.10. The molecule has 0 bridgehead atoms. The van der Waals surface area contributed by atoms with Crippen LogP contribution in [0.3, 0.4) is 0 Å². The minimum Gasteiger partial charge on any atom is -0.381 e. The lowest BCUT2D eigenvalue weighted by Gasteiger charge is -2.01. The van der Waals surface area contributed by atoms with Crippen molar-refractivity contribution in [1.29, 1.82) is 0 Å². The highest BCUT2D eigenvalue weighted by molar-refractivity contribution is 7.91. The Kier molecular flexibility index (Phi) is 4.76. The summed E-state index contributed by atoms with van der Waals surface area (Å²) >= 11 is 7.03. The average molecular weight is 383 g/mol. The molecule has 0 aliphatic rings. The zero-order valence-electron chi connectivity index (χ0n) is 12.0. The van der Waals surface area contributed by atoms with Crippen molar-refractivity contribution >= 4 is 38.9 Å². The Bertz CT molecular complexity index is 950. The van der Waals surface area contributed by atoms with E-state index in [2.05, 4.69) is 20.6 Å². The van der Waals surface area contributed by atoms with E-state index >= 15 is 0 Å². The minimum atomic E-state index is -3.60.